The molecule has 0 heterocycles. The van der Waals surface area contributed by atoms with E-state index in [2.05, 4.69) is 27.3 Å². The van der Waals surface area contributed by atoms with Crippen molar-refractivity contribution in [2.75, 3.05) is 34.5 Å². The number of rotatable bonds is 11. The van der Waals surface area contributed by atoms with Crippen LogP contribution in [0.2, 0.25) is 10.0 Å². The van der Waals surface area contributed by atoms with Gasteiger partial charge in [0.1, 0.15) is 44.6 Å². The van der Waals surface area contributed by atoms with Crippen molar-refractivity contribution >= 4 is 46.3 Å². The van der Waals surface area contributed by atoms with Gasteiger partial charge in [0.15, 0.2) is 5.71 Å². The van der Waals surface area contributed by atoms with Crippen molar-refractivity contribution in [1.82, 2.24) is 0 Å². The van der Waals surface area contributed by atoms with Crippen LogP contribution in [0.3, 0.4) is 0 Å². The summed E-state index contributed by atoms with van der Waals surface area (Å²) < 4.78 is 10.7. The lowest BCUT2D eigenvalue weighted by atomic mass is 9.85. The molecule has 0 aliphatic heterocycles. The van der Waals surface area contributed by atoms with Crippen LogP contribution in [0.15, 0.2) is 80.2 Å². The van der Waals surface area contributed by atoms with Gasteiger partial charge in [0.25, 0.3) is 0 Å². The van der Waals surface area contributed by atoms with E-state index in [0.717, 1.165) is 16.7 Å². The molecule has 0 amide bonds. The lowest BCUT2D eigenvalue weighted by Crippen LogP contribution is -2.23. The molecule has 0 unspecified atom stereocenters. The minimum absolute atomic E-state index is 0.111. The summed E-state index contributed by atoms with van der Waals surface area (Å²) in [6, 6.07) is 12.4. The third-order valence-electron chi connectivity index (χ3n) is 6.48. The Morgan fingerprint density at radius 3 is 2.23 bits per heavy atom. The third kappa shape index (κ3) is 9.37. The highest BCUT2D eigenvalue weighted by atomic mass is 35.5. The quantitative estimate of drug-likeness (QED) is 0.0898. The topological polar surface area (TPSA) is 100 Å². The Hall–Kier alpha value is -4.26. The summed E-state index contributed by atoms with van der Waals surface area (Å²) in [5.41, 5.74) is 6.38. The van der Waals surface area contributed by atoms with E-state index in [0.29, 0.717) is 51.2 Å². The van der Waals surface area contributed by atoms with E-state index in [4.69, 9.17) is 47.2 Å². The number of methoxy groups -OCH3 is 1. The highest BCUT2D eigenvalue weighted by Gasteiger charge is 2.26. The fourth-order valence-electron chi connectivity index (χ4n) is 4.13. The van der Waals surface area contributed by atoms with Gasteiger partial charge in [-0.3, -0.25) is 0 Å². The van der Waals surface area contributed by atoms with Crippen molar-refractivity contribution in [3.8, 4) is 17.6 Å². The molecule has 0 atom stereocenters. The summed E-state index contributed by atoms with van der Waals surface area (Å²) >= 11 is 12.1. The Kier molecular flexibility index (Phi) is 12.7. The van der Waals surface area contributed by atoms with E-state index in [1.807, 2.05) is 26.0 Å². The molecule has 0 N–H and O–H groups in total. The fraction of sp³-hybridized carbons (Fsp3) is 0.312. The van der Waals surface area contributed by atoms with Crippen LogP contribution >= 0.6 is 23.2 Å². The molecule has 0 saturated carbocycles. The molecule has 0 bridgehead atoms. The lowest BCUT2D eigenvalue weighted by Gasteiger charge is -2.22. The van der Waals surface area contributed by atoms with E-state index in [1.165, 1.54) is 26.9 Å². The fourth-order valence-corrected chi connectivity index (χ4v) is 4.59. The number of allylic oxidation sites excluding steroid dienone is 2. The molecule has 1 aliphatic carbocycles. The van der Waals surface area contributed by atoms with Gasteiger partial charge in [0.2, 0.25) is 0 Å². The first-order valence-corrected chi connectivity index (χ1v) is 13.9. The first-order valence-electron chi connectivity index (χ1n) is 13.2. The molecule has 11 heteroatoms. The van der Waals surface area contributed by atoms with Crippen molar-refractivity contribution in [1.29, 1.82) is 0 Å². The van der Waals surface area contributed by atoms with Crippen molar-refractivity contribution in [2.24, 2.45) is 15.5 Å². The van der Waals surface area contributed by atoms with Gasteiger partial charge >= 0.3 is 5.97 Å². The highest BCUT2D eigenvalue weighted by molar-refractivity contribution is 6.47. The third-order valence-corrected chi connectivity index (χ3v) is 7.03. The molecule has 9 nitrogen and oxygen atoms in total. The van der Waals surface area contributed by atoms with E-state index >= 15 is 0 Å². The average Bonchev–Trinajstić information content (AvgIpc) is 2.99. The summed E-state index contributed by atoms with van der Waals surface area (Å²) in [6.07, 6.45) is 1.13. The van der Waals surface area contributed by atoms with E-state index in [9.17, 15) is 4.79 Å². The molecule has 226 valence electrons. The molecular weight excluding hydrogens is 593 g/mol. The average molecular weight is 627 g/mol. The van der Waals surface area contributed by atoms with Gasteiger partial charge in [0, 0.05) is 16.1 Å². The number of halogens is 2. The number of benzene rings is 2. The van der Waals surface area contributed by atoms with Crippen molar-refractivity contribution in [3.63, 3.8) is 0 Å². The highest BCUT2D eigenvalue weighted by Crippen LogP contribution is 2.31. The second kappa shape index (κ2) is 16.4. The smallest absolute Gasteiger partial charge is 0.360 e. The van der Waals surface area contributed by atoms with Crippen LogP contribution in [-0.2, 0) is 24.0 Å². The number of carbonyl (C=O) groups is 1. The normalized spacial score (nSPS) is 14.2. The van der Waals surface area contributed by atoms with Crippen molar-refractivity contribution in [2.45, 2.75) is 33.6 Å². The second-order valence-electron chi connectivity index (χ2n) is 9.42. The van der Waals surface area contributed by atoms with Gasteiger partial charge in [-0.1, -0.05) is 61.7 Å². The van der Waals surface area contributed by atoms with Crippen molar-refractivity contribution < 1.29 is 28.8 Å². The van der Waals surface area contributed by atoms with Gasteiger partial charge < -0.3 is 24.0 Å². The van der Waals surface area contributed by atoms with Gasteiger partial charge in [0.05, 0.1) is 12.1 Å². The number of hydrogen-bond acceptors (Lipinski definition) is 9. The van der Waals surface area contributed by atoms with Crippen LogP contribution in [0, 0.1) is 11.8 Å². The second-order valence-corrected chi connectivity index (χ2v) is 10.3. The molecule has 0 fully saturated rings. The Balaban J connectivity index is 1.71. The number of esters is 1. The molecule has 2 aromatic carbocycles. The zero-order chi connectivity index (χ0) is 31.4. The molecule has 3 rings (SSSR count). The summed E-state index contributed by atoms with van der Waals surface area (Å²) in [5.74, 6) is 5.95. The first-order chi connectivity index (χ1) is 20.7. The molecule has 43 heavy (non-hydrogen) atoms. The van der Waals surface area contributed by atoms with Gasteiger partial charge in [-0.25, -0.2) is 4.79 Å². The molecule has 0 spiro atoms. The van der Waals surface area contributed by atoms with Crippen LogP contribution in [-0.4, -0.2) is 57.6 Å². The minimum atomic E-state index is -0.582. The van der Waals surface area contributed by atoms with Gasteiger partial charge in [-0.2, -0.15) is 0 Å². The first kappa shape index (κ1) is 33.2. The summed E-state index contributed by atoms with van der Waals surface area (Å²) in [6.45, 7) is 6.13. The molecule has 0 aromatic heterocycles. The van der Waals surface area contributed by atoms with Crippen LogP contribution in [0.25, 0.3) is 0 Å². The Morgan fingerprint density at radius 2 is 1.58 bits per heavy atom. The predicted molar refractivity (Wildman–Crippen MR) is 169 cm³/mol. The van der Waals surface area contributed by atoms with Crippen molar-refractivity contribution in [3.05, 3.63) is 85.9 Å². The van der Waals surface area contributed by atoms with Gasteiger partial charge in [-0.05, 0) is 87.2 Å². The Labute approximate surface area is 261 Å². The van der Waals surface area contributed by atoms with E-state index < -0.39 is 5.97 Å². The zero-order valence-electron chi connectivity index (χ0n) is 24.9. The van der Waals surface area contributed by atoms with E-state index in [1.54, 1.807) is 37.3 Å². The summed E-state index contributed by atoms with van der Waals surface area (Å²) in [7, 11) is 4.14. The summed E-state index contributed by atoms with van der Waals surface area (Å²) in [4.78, 5) is 28.1. The minimum Gasteiger partial charge on any atom is -0.481 e. The number of ether oxygens (including phenoxy) is 2. The lowest BCUT2D eigenvalue weighted by molar-refractivity contribution is -0.132. The maximum Gasteiger partial charge on any atom is 0.360 e. The Morgan fingerprint density at radius 1 is 0.907 bits per heavy atom. The SMILES string of the molecule is CO/N=C(/C(=O)OC)C1=C(CO/N=C(C)/C(=N/OC)c2ccc(OCC#Cc3ccc(Cl)cc3Cl)cc2)CC(C)=C(C)C1. The Bertz CT molecular complexity index is 1550. The largest absolute Gasteiger partial charge is 0.481 e. The molecular formula is C32H33Cl2N3O6. The molecule has 1 aliphatic rings. The number of oxime groups is 3. The zero-order valence-corrected chi connectivity index (χ0v) is 26.4. The number of hydrogen-bond donors (Lipinski definition) is 0. The van der Waals surface area contributed by atoms with Gasteiger partial charge in [-0.15, -0.1) is 0 Å². The van der Waals surface area contributed by atoms with Crippen LogP contribution in [0.5, 0.6) is 5.75 Å². The summed E-state index contributed by atoms with van der Waals surface area (Å²) in [5, 5.41) is 13.4. The standard InChI is InChI=1S/C32H33Cl2N3O6/c1-20-16-25(28(17-21(20)2)31(37-41-6)32(38)39-4)19-43-35-22(3)30(36-40-5)24-10-13-27(14-11-24)42-15-7-8-23-9-12-26(33)18-29(23)34/h9-14,18H,15-17,19H2,1-6H3/b35-22+,36-30-,37-31+. The number of nitrogens with zero attached hydrogens (tertiary/aromatic N) is 3. The molecule has 0 radical (unpaired) electrons. The van der Waals surface area contributed by atoms with Crippen LogP contribution in [0.4, 0.5) is 0 Å². The maximum absolute atomic E-state index is 12.4. The van der Waals surface area contributed by atoms with E-state index in [-0.39, 0.29) is 18.9 Å². The molecule has 0 saturated heterocycles. The number of carbonyl (C=O) groups excluding carboxylic acids is 1. The maximum atomic E-state index is 12.4. The predicted octanol–water partition coefficient (Wildman–Crippen LogP) is 6.77. The van der Waals surface area contributed by atoms with Crippen LogP contribution in [0.1, 0.15) is 44.7 Å². The van der Waals surface area contributed by atoms with Crippen LogP contribution < -0.4 is 4.74 Å². The monoisotopic (exact) mass is 625 g/mol. The molecule has 2 aromatic rings.